The maximum absolute atomic E-state index is 12.1. The molecule has 0 N–H and O–H groups in total. The molecule has 4 heteroatoms. The Morgan fingerprint density at radius 3 is 2.68 bits per heavy atom. The predicted molar refractivity (Wildman–Crippen MR) is 87.8 cm³/mol. The molecule has 0 radical (unpaired) electrons. The van der Waals surface area contributed by atoms with Crippen LogP contribution in [0.25, 0.3) is 5.65 Å². The van der Waals surface area contributed by atoms with E-state index in [9.17, 15) is 4.79 Å². The summed E-state index contributed by atoms with van der Waals surface area (Å²) in [7, 11) is 2.04. The Kier molecular flexibility index (Phi) is 4.02. The van der Waals surface area contributed by atoms with Gasteiger partial charge in [0.05, 0.1) is 5.69 Å². The lowest BCUT2D eigenvalue weighted by molar-refractivity contribution is 0.314. The van der Waals surface area contributed by atoms with Gasteiger partial charge in [0, 0.05) is 25.4 Å². The lowest BCUT2D eigenvalue weighted by Crippen LogP contribution is -2.22. The minimum absolute atomic E-state index is 0.0371. The van der Waals surface area contributed by atoms with Gasteiger partial charge in [0.15, 0.2) is 0 Å². The zero-order valence-corrected chi connectivity index (χ0v) is 12.9. The second kappa shape index (κ2) is 6.12. The van der Waals surface area contributed by atoms with Crippen LogP contribution < -0.4 is 5.56 Å². The van der Waals surface area contributed by atoms with E-state index >= 15 is 0 Å². The monoisotopic (exact) mass is 293 g/mol. The van der Waals surface area contributed by atoms with E-state index in [0.717, 1.165) is 12.2 Å². The third-order valence-corrected chi connectivity index (χ3v) is 3.76. The van der Waals surface area contributed by atoms with Crippen molar-refractivity contribution in [3.05, 3.63) is 81.9 Å². The number of pyridine rings is 1. The molecule has 0 spiro atoms. The molecule has 4 nitrogen and oxygen atoms in total. The molecule has 0 saturated carbocycles. The lowest BCUT2D eigenvalue weighted by Gasteiger charge is -2.17. The Morgan fingerprint density at radius 1 is 1.09 bits per heavy atom. The number of nitrogens with zero attached hydrogens (tertiary/aromatic N) is 3. The third-order valence-electron chi connectivity index (χ3n) is 3.76. The second-order valence-corrected chi connectivity index (χ2v) is 5.61. The zero-order chi connectivity index (χ0) is 15.5. The fraction of sp³-hybridized carbons (Fsp3) is 0.222. The van der Waals surface area contributed by atoms with Gasteiger partial charge in [-0.2, -0.15) is 0 Å². The van der Waals surface area contributed by atoms with Crippen molar-refractivity contribution in [2.45, 2.75) is 20.0 Å². The highest BCUT2D eigenvalue weighted by Crippen LogP contribution is 2.11. The summed E-state index contributed by atoms with van der Waals surface area (Å²) in [6.07, 6.45) is 1.74. The maximum Gasteiger partial charge on any atom is 0.258 e. The van der Waals surface area contributed by atoms with Crippen LogP contribution in [0, 0.1) is 6.92 Å². The molecular formula is C18H19N3O. The normalized spacial score (nSPS) is 11.2. The minimum Gasteiger partial charge on any atom is -0.296 e. The van der Waals surface area contributed by atoms with Crippen LogP contribution in [-0.4, -0.2) is 21.3 Å². The fourth-order valence-electron chi connectivity index (χ4n) is 2.59. The van der Waals surface area contributed by atoms with Gasteiger partial charge in [-0.15, -0.1) is 0 Å². The average molecular weight is 293 g/mol. The molecule has 3 aromatic rings. The Morgan fingerprint density at radius 2 is 1.86 bits per heavy atom. The van der Waals surface area contributed by atoms with Crippen molar-refractivity contribution < 1.29 is 0 Å². The molecule has 0 aliphatic heterocycles. The van der Waals surface area contributed by atoms with Crippen molar-refractivity contribution in [3.63, 3.8) is 0 Å². The van der Waals surface area contributed by atoms with E-state index < -0.39 is 0 Å². The largest absolute Gasteiger partial charge is 0.296 e. The van der Waals surface area contributed by atoms with Gasteiger partial charge < -0.3 is 0 Å². The van der Waals surface area contributed by atoms with E-state index in [1.807, 2.05) is 31.3 Å². The van der Waals surface area contributed by atoms with Crippen LogP contribution in [-0.2, 0) is 13.1 Å². The first-order chi connectivity index (χ1) is 10.6. The zero-order valence-electron chi connectivity index (χ0n) is 12.9. The van der Waals surface area contributed by atoms with Crippen LogP contribution in [0.2, 0.25) is 0 Å². The van der Waals surface area contributed by atoms with Gasteiger partial charge in [-0.3, -0.25) is 14.1 Å². The third kappa shape index (κ3) is 3.07. The van der Waals surface area contributed by atoms with Gasteiger partial charge in [-0.1, -0.05) is 30.3 Å². The Hall–Kier alpha value is -2.46. The van der Waals surface area contributed by atoms with E-state index in [2.05, 4.69) is 35.0 Å². The van der Waals surface area contributed by atoms with Crippen LogP contribution >= 0.6 is 0 Å². The molecule has 0 amide bonds. The topological polar surface area (TPSA) is 37.6 Å². The molecule has 0 fully saturated rings. The van der Waals surface area contributed by atoms with Gasteiger partial charge in [0.25, 0.3) is 5.56 Å². The minimum atomic E-state index is -0.0371. The predicted octanol–water partition coefficient (Wildman–Crippen LogP) is 2.63. The Balaban J connectivity index is 1.81. The van der Waals surface area contributed by atoms with E-state index in [4.69, 9.17) is 0 Å². The Labute approximate surface area is 129 Å². The van der Waals surface area contributed by atoms with Crippen molar-refractivity contribution in [2.75, 3.05) is 7.05 Å². The molecule has 2 heterocycles. The molecule has 0 bridgehead atoms. The summed E-state index contributed by atoms with van der Waals surface area (Å²) in [6.45, 7) is 3.60. The summed E-state index contributed by atoms with van der Waals surface area (Å²) >= 11 is 0. The maximum atomic E-state index is 12.1. The van der Waals surface area contributed by atoms with Crippen molar-refractivity contribution in [1.82, 2.24) is 14.3 Å². The van der Waals surface area contributed by atoms with Gasteiger partial charge in [0.2, 0.25) is 0 Å². The molecule has 0 saturated heterocycles. The van der Waals surface area contributed by atoms with Gasteiger partial charge in [-0.25, -0.2) is 4.98 Å². The smallest absolute Gasteiger partial charge is 0.258 e. The summed E-state index contributed by atoms with van der Waals surface area (Å²) < 4.78 is 1.56. The standard InChI is InChI=1S/C18H19N3O/c1-14-7-3-4-8-15(14)12-20(2)13-16-11-18(22)21-10-6-5-9-17(21)19-16/h3-11H,12-13H2,1-2H3. The molecule has 0 aliphatic carbocycles. The van der Waals surface area contributed by atoms with Crippen molar-refractivity contribution in [2.24, 2.45) is 0 Å². The van der Waals surface area contributed by atoms with Crippen LogP contribution in [0.3, 0.4) is 0 Å². The number of aromatic nitrogens is 2. The number of aryl methyl sites for hydroxylation is 1. The highest BCUT2D eigenvalue weighted by molar-refractivity contribution is 5.38. The summed E-state index contributed by atoms with van der Waals surface area (Å²) in [4.78, 5) is 18.8. The van der Waals surface area contributed by atoms with Gasteiger partial charge in [0.1, 0.15) is 5.65 Å². The van der Waals surface area contributed by atoms with Crippen molar-refractivity contribution >= 4 is 5.65 Å². The van der Waals surface area contributed by atoms with Crippen LogP contribution in [0.15, 0.2) is 59.5 Å². The first-order valence-electron chi connectivity index (χ1n) is 7.34. The fourth-order valence-corrected chi connectivity index (χ4v) is 2.59. The number of benzene rings is 1. The average Bonchev–Trinajstić information content (AvgIpc) is 2.49. The first-order valence-corrected chi connectivity index (χ1v) is 7.34. The molecular weight excluding hydrogens is 274 g/mol. The van der Waals surface area contributed by atoms with Crippen molar-refractivity contribution in [3.8, 4) is 0 Å². The molecule has 0 atom stereocenters. The highest BCUT2D eigenvalue weighted by Gasteiger charge is 2.07. The molecule has 112 valence electrons. The second-order valence-electron chi connectivity index (χ2n) is 5.61. The molecule has 0 unspecified atom stereocenters. The number of fused-ring (bicyclic) bond motifs is 1. The highest BCUT2D eigenvalue weighted by atomic mass is 16.1. The first kappa shape index (κ1) is 14.5. The molecule has 22 heavy (non-hydrogen) atoms. The van der Waals surface area contributed by atoms with Gasteiger partial charge >= 0.3 is 0 Å². The quantitative estimate of drug-likeness (QED) is 0.742. The lowest BCUT2D eigenvalue weighted by atomic mass is 10.1. The summed E-state index contributed by atoms with van der Waals surface area (Å²) in [5, 5.41) is 0. The van der Waals surface area contributed by atoms with E-state index in [1.54, 1.807) is 16.7 Å². The SMILES string of the molecule is Cc1ccccc1CN(C)Cc1cc(=O)n2ccccc2n1. The summed E-state index contributed by atoms with van der Waals surface area (Å²) in [5.41, 5.74) is 4.02. The summed E-state index contributed by atoms with van der Waals surface area (Å²) in [6, 6.07) is 15.5. The van der Waals surface area contributed by atoms with E-state index in [1.165, 1.54) is 11.1 Å². The number of hydrogen-bond donors (Lipinski definition) is 0. The van der Waals surface area contributed by atoms with Crippen molar-refractivity contribution in [1.29, 1.82) is 0 Å². The van der Waals surface area contributed by atoms with Gasteiger partial charge in [-0.05, 0) is 37.2 Å². The molecule has 2 aromatic heterocycles. The van der Waals surface area contributed by atoms with Crippen LogP contribution in [0.1, 0.15) is 16.8 Å². The Bertz CT molecular complexity index is 854. The van der Waals surface area contributed by atoms with E-state index in [-0.39, 0.29) is 5.56 Å². The van der Waals surface area contributed by atoms with Crippen LogP contribution in [0.4, 0.5) is 0 Å². The molecule has 0 aliphatic rings. The van der Waals surface area contributed by atoms with E-state index in [0.29, 0.717) is 12.2 Å². The molecule has 3 rings (SSSR count). The number of hydrogen-bond acceptors (Lipinski definition) is 3. The van der Waals surface area contributed by atoms with Crippen LogP contribution in [0.5, 0.6) is 0 Å². The summed E-state index contributed by atoms with van der Waals surface area (Å²) in [5.74, 6) is 0. The number of rotatable bonds is 4. The molecule has 1 aromatic carbocycles.